The Labute approximate surface area is 212 Å². The third kappa shape index (κ3) is 5.34. The number of thioether (sulfide) groups is 1. The number of fused-ring (bicyclic) bond motifs is 1. The molecule has 1 aliphatic rings. The van der Waals surface area contributed by atoms with E-state index in [1.807, 2.05) is 36.4 Å². The van der Waals surface area contributed by atoms with Gasteiger partial charge in [0.15, 0.2) is 5.03 Å². The molecule has 4 aromatic rings. The highest BCUT2D eigenvalue weighted by molar-refractivity contribution is 7.98. The van der Waals surface area contributed by atoms with Crippen molar-refractivity contribution < 1.29 is 13.2 Å². The normalized spacial score (nSPS) is 14.2. The Morgan fingerprint density at radius 2 is 1.86 bits per heavy atom. The van der Waals surface area contributed by atoms with E-state index in [1.165, 1.54) is 23.9 Å². The zero-order chi connectivity index (χ0) is 24.3. The van der Waals surface area contributed by atoms with Gasteiger partial charge in [-0.3, -0.25) is 9.52 Å². The highest BCUT2D eigenvalue weighted by Gasteiger charge is 2.26. The molecule has 2 aromatic heterocycles. The lowest BCUT2D eigenvalue weighted by Gasteiger charge is -2.27. The van der Waals surface area contributed by atoms with Gasteiger partial charge in [0, 0.05) is 29.9 Å². The number of likely N-dealkylation sites (tertiary alicyclic amines) is 1. The summed E-state index contributed by atoms with van der Waals surface area (Å²) < 4.78 is 34.4. The molecule has 2 aromatic carbocycles. The summed E-state index contributed by atoms with van der Waals surface area (Å²) in [4.78, 5) is 20.2. The third-order valence-electron chi connectivity index (χ3n) is 5.86. The van der Waals surface area contributed by atoms with Crippen molar-refractivity contribution in [3.63, 3.8) is 0 Å². The number of hydrogen-bond acceptors (Lipinski definition) is 7. The number of aromatic nitrogens is 2. The van der Waals surface area contributed by atoms with Crippen LogP contribution in [0, 0.1) is 0 Å². The standard InChI is InChI=1S/C25H24N4O3S3/c30-25(29-13-5-2-6-14-29)20-10-9-19(33-17-18-7-3-1-4-8-18)15-22(20)28-35(31,32)24-21-16-27-34-23(21)11-12-26-24/h1,3-4,7-12,15-16,28H,2,5-6,13-14,17H2. The van der Waals surface area contributed by atoms with Gasteiger partial charge in [0.05, 0.1) is 27.5 Å². The van der Waals surface area contributed by atoms with Crippen molar-refractivity contribution in [2.45, 2.75) is 34.9 Å². The molecule has 0 spiro atoms. The van der Waals surface area contributed by atoms with E-state index in [0.717, 1.165) is 40.2 Å². The maximum absolute atomic E-state index is 13.4. The predicted octanol–water partition coefficient (Wildman–Crippen LogP) is 5.41. The average molecular weight is 525 g/mol. The van der Waals surface area contributed by atoms with Crippen molar-refractivity contribution in [3.8, 4) is 0 Å². The fourth-order valence-corrected chi connectivity index (χ4v) is 6.88. The summed E-state index contributed by atoms with van der Waals surface area (Å²) in [7, 11) is -4.05. The van der Waals surface area contributed by atoms with Crippen molar-refractivity contribution >= 4 is 55.0 Å². The molecule has 180 valence electrons. The molecule has 0 unspecified atom stereocenters. The van der Waals surface area contributed by atoms with Crippen LogP contribution in [0.3, 0.4) is 0 Å². The molecule has 1 amide bonds. The fraction of sp³-hybridized carbons (Fsp3) is 0.240. The summed E-state index contributed by atoms with van der Waals surface area (Å²) in [6.07, 6.45) is 5.97. The van der Waals surface area contributed by atoms with Gasteiger partial charge in [-0.15, -0.1) is 11.8 Å². The van der Waals surface area contributed by atoms with Crippen LogP contribution < -0.4 is 4.72 Å². The summed E-state index contributed by atoms with van der Waals surface area (Å²) in [5, 5.41) is 0.367. The Bertz CT molecular complexity index is 1450. The first kappa shape index (κ1) is 23.8. The van der Waals surface area contributed by atoms with Gasteiger partial charge < -0.3 is 4.90 Å². The van der Waals surface area contributed by atoms with Crippen LogP contribution in [0.2, 0.25) is 0 Å². The van der Waals surface area contributed by atoms with Gasteiger partial charge in [-0.25, -0.2) is 4.98 Å². The van der Waals surface area contributed by atoms with Crippen LogP contribution in [-0.2, 0) is 15.8 Å². The number of carbonyl (C=O) groups is 1. The van der Waals surface area contributed by atoms with E-state index in [4.69, 9.17) is 0 Å². The summed E-state index contributed by atoms with van der Waals surface area (Å²) in [5.74, 6) is 0.568. The van der Waals surface area contributed by atoms with Crippen LogP contribution in [0.5, 0.6) is 0 Å². The second-order valence-electron chi connectivity index (χ2n) is 8.29. The van der Waals surface area contributed by atoms with E-state index >= 15 is 0 Å². The number of pyridine rings is 1. The van der Waals surface area contributed by atoms with Gasteiger partial charge in [-0.05, 0) is 60.6 Å². The summed E-state index contributed by atoms with van der Waals surface area (Å²) in [6.45, 7) is 1.36. The van der Waals surface area contributed by atoms with Gasteiger partial charge in [0.2, 0.25) is 0 Å². The van der Waals surface area contributed by atoms with Gasteiger partial charge in [-0.1, -0.05) is 30.3 Å². The van der Waals surface area contributed by atoms with Crippen molar-refractivity contribution in [1.29, 1.82) is 0 Å². The minimum Gasteiger partial charge on any atom is -0.339 e. The van der Waals surface area contributed by atoms with Gasteiger partial charge in [-0.2, -0.15) is 12.8 Å². The monoisotopic (exact) mass is 524 g/mol. The topological polar surface area (TPSA) is 92.3 Å². The average Bonchev–Trinajstić information content (AvgIpc) is 3.37. The van der Waals surface area contributed by atoms with E-state index in [-0.39, 0.29) is 16.6 Å². The van der Waals surface area contributed by atoms with Crippen LogP contribution >= 0.6 is 23.3 Å². The number of hydrogen-bond donors (Lipinski definition) is 1. The van der Waals surface area contributed by atoms with Crippen LogP contribution in [-0.4, -0.2) is 41.7 Å². The number of carbonyl (C=O) groups excluding carboxylic acids is 1. The zero-order valence-electron chi connectivity index (χ0n) is 18.9. The maximum atomic E-state index is 13.4. The molecule has 10 heteroatoms. The number of anilines is 1. The molecule has 35 heavy (non-hydrogen) atoms. The minimum atomic E-state index is -4.05. The molecular formula is C25H24N4O3S3. The van der Waals surface area contributed by atoms with Gasteiger partial charge >= 0.3 is 0 Å². The lowest BCUT2D eigenvalue weighted by Crippen LogP contribution is -2.36. The molecule has 5 rings (SSSR count). The van der Waals surface area contributed by atoms with Crippen LogP contribution in [0.25, 0.3) is 10.1 Å². The second-order valence-corrected chi connectivity index (χ2v) is 11.8. The first-order valence-electron chi connectivity index (χ1n) is 11.3. The Morgan fingerprint density at radius 1 is 1.06 bits per heavy atom. The van der Waals surface area contributed by atoms with E-state index in [1.54, 1.807) is 34.9 Å². The van der Waals surface area contributed by atoms with E-state index < -0.39 is 10.0 Å². The first-order valence-corrected chi connectivity index (χ1v) is 14.6. The minimum absolute atomic E-state index is 0.0949. The first-order chi connectivity index (χ1) is 17.0. The molecule has 0 aliphatic carbocycles. The Kier molecular flexibility index (Phi) is 7.03. The third-order valence-corrected chi connectivity index (χ3v) is 9.01. The van der Waals surface area contributed by atoms with Crippen LogP contribution in [0.15, 0.2) is 76.9 Å². The summed E-state index contributed by atoms with van der Waals surface area (Å²) in [5.41, 5.74) is 1.77. The summed E-state index contributed by atoms with van der Waals surface area (Å²) >= 11 is 2.80. The fourth-order valence-electron chi connectivity index (χ4n) is 4.07. The molecular weight excluding hydrogens is 501 g/mol. The van der Waals surface area contributed by atoms with E-state index in [9.17, 15) is 13.2 Å². The quantitative estimate of drug-likeness (QED) is 0.325. The number of benzene rings is 2. The molecule has 0 bridgehead atoms. The van der Waals surface area contributed by atoms with Crippen molar-refractivity contribution in [3.05, 3.63) is 78.1 Å². The van der Waals surface area contributed by atoms with Gasteiger partial charge in [0.1, 0.15) is 0 Å². The van der Waals surface area contributed by atoms with Crippen molar-refractivity contribution in [1.82, 2.24) is 14.3 Å². The SMILES string of the molecule is O=C(c1ccc(SCc2ccccc2)cc1NS(=O)(=O)c1nccc2sncc12)N1CCCCC1. The Hall–Kier alpha value is -2.95. The van der Waals surface area contributed by atoms with E-state index in [2.05, 4.69) is 14.1 Å². The van der Waals surface area contributed by atoms with Crippen LogP contribution in [0.4, 0.5) is 5.69 Å². The molecule has 3 heterocycles. The molecule has 1 aliphatic heterocycles. The highest BCUT2D eigenvalue weighted by atomic mass is 32.2. The lowest BCUT2D eigenvalue weighted by molar-refractivity contribution is 0.0725. The molecule has 1 fully saturated rings. The zero-order valence-corrected chi connectivity index (χ0v) is 21.3. The molecule has 0 saturated carbocycles. The van der Waals surface area contributed by atoms with Crippen molar-refractivity contribution in [2.75, 3.05) is 17.8 Å². The smallest absolute Gasteiger partial charge is 0.280 e. The maximum Gasteiger partial charge on any atom is 0.280 e. The molecule has 0 atom stereocenters. The second kappa shape index (κ2) is 10.3. The number of amides is 1. The summed E-state index contributed by atoms with van der Waals surface area (Å²) in [6, 6.07) is 17.1. The van der Waals surface area contributed by atoms with Crippen LogP contribution in [0.1, 0.15) is 35.2 Å². The largest absolute Gasteiger partial charge is 0.339 e. The molecule has 7 nitrogen and oxygen atoms in total. The molecule has 1 saturated heterocycles. The molecule has 0 radical (unpaired) electrons. The predicted molar refractivity (Wildman–Crippen MR) is 140 cm³/mol. The van der Waals surface area contributed by atoms with Crippen molar-refractivity contribution in [2.24, 2.45) is 0 Å². The Morgan fingerprint density at radius 3 is 2.66 bits per heavy atom. The number of rotatable bonds is 7. The van der Waals surface area contributed by atoms with Gasteiger partial charge in [0.25, 0.3) is 15.9 Å². The Balaban J connectivity index is 1.49. The number of sulfonamides is 1. The number of piperidine rings is 1. The molecule has 1 N–H and O–H groups in total. The number of nitrogens with one attached hydrogen (secondary N) is 1. The lowest BCUT2D eigenvalue weighted by atomic mass is 10.1. The highest BCUT2D eigenvalue weighted by Crippen LogP contribution is 2.31. The van der Waals surface area contributed by atoms with E-state index in [0.29, 0.717) is 24.0 Å². The number of nitrogens with zero attached hydrogens (tertiary/aromatic N) is 3.